The van der Waals surface area contributed by atoms with Gasteiger partial charge in [-0.3, -0.25) is 9.59 Å². The Kier molecular flexibility index (Phi) is 4.84. The smallest absolute Gasteiger partial charge is 0.237 e. The van der Waals surface area contributed by atoms with Gasteiger partial charge in [0.05, 0.1) is 12.1 Å². The monoisotopic (exact) mass is 234 g/mol. The number of amides is 1. The molecular weight excluding hydrogens is 216 g/mol. The number of hydrogen-bond donors (Lipinski definition) is 2. The molecule has 0 fully saturated rings. The maximum Gasteiger partial charge on any atom is 0.237 e. The van der Waals surface area contributed by atoms with Crippen molar-refractivity contribution in [3.05, 3.63) is 35.9 Å². The van der Waals surface area contributed by atoms with E-state index in [2.05, 4.69) is 5.32 Å². The second-order valence-electron chi connectivity index (χ2n) is 4.14. The zero-order chi connectivity index (χ0) is 12.8. The third-order valence-electron chi connectivity index (χ3n) is 2.60. The minimum absolute atomic E-state index is 0.0785. The second-order valence-corrected chi connectivity index (χ2v) is 4.14. The van der Waals surface area contributed by atoms with Gasteiger partial charge in [-0.2, -0.15) is 0 Å². The predicted molar refractivity (Wildman–Crippen MR) is 66.4 cm³/mol. The van der Waals surface area contributed by atoms with Gasteiger partial charge in [-0.25, -0.2) is 0 Å². The van der Waals surface area contributed by atoms with Crippen molar-refractivity contribution in [2.45, 2.75) is 32.4 Å². The average molecular weight is 234 g/mol. The van der Waals surface area contributed by atoms with E-state index in [4.69, 9.17) is 5.73 Å². The first-order valence-corrected chi connectivity index (χ1v) is 5.61. The van der Waals surface area contributed by atoms with E-state index in [1.165, 1.54) is 6.92 Å². The standard InChI is InChI=1S/C13H18N2O2/c1-9(10(2)16)15-13(17)12(14)8-11-6-4-3-5-7-11/h3-7,9,12H,8,14H2,1-2H3,(H,15,17)/t9-,12-/m0/s1. The van der Waals surface area contributed by atoms with Crippen molar-refractivity contribution in [1.29, 1.82) is 0 Å². The molecular formula is C13H18N2O2. The Morgan fingerprint density at radius 3 is 2.41 bits per heavy atom. The molecule has 1 amide bonds. The largest absolute Gasteiger partial charge is 0.345 e. The minimum atomic E-state index is -0.626. The summed E-state index contributed by atoms with van der Waals surface area (Å²) < 4.78 is 0. The highest BCUT2D eigenvalue weighted by Gasteiger charge is 2.17. The molecule has 0 heterocycles. The van der Waals surface area contributed by atoms with E-state index in [1.54, 1.807) is 6.92 Å². The molecule has 0 aliphatic rings. The molecule has 0 aliphatic carbocycles. The summed E-state index contributed by atoms with van der Waals surface area (Å²) >= 11 is 0. The molecule has 3 N–H and O–H groups in total. The van der Waals surface area contributed by atoms with Crippen LogP contribution in [-0.2, 0) is 16.0 Å². The first kappa shape index (κ1) is 13.4. The van der Waals surface area contributed by atoms with Crippen molar-refractivity contribution in [1.82, 2.24) is 5.32 Å². The first-order chi connectivity index (χ1) is 8.00. The number of hydrogen-bond acceptors (Lipinski definition) is 3. The summed E-state index contributed by atoms with van der Waals surface area (Å²) in [5.41, 5.74) is 6.78. The molecule has 0 saturated heterocycles. The number of ketones is 1. The van der Waals surface area contributed by atoms with Gasteiger partial charge >= 0.3 is 0 Å². The molecule has 0 spiro atoms. The van der Waals surface area contributed by atoms with Gasteiger partial charge in [0.15, 0.2) is 5.78 Å². The summed E-state index contributed by atoms with van der Waals surface area (Å²) in [5.74, 6) is -0.373. The van der Waals surface area contributed by atoms with E-state index in [0.29, 0.717) is 6.42 Å². The fourth-order valence-corrected chi connectivity index (χ4v) is 1.38. The Labute approximate surface area is 101 Å². The van der Waals surface area contributed by atoms with Crippen molar-refractivity contribution in [3.63, 3.8) is 0 Å². The minimum Gasteiger partial charge on any atom is -0.345 e. The van der Waals surface area contributed by atoms with Crippen LogP contribution in [0.1, 0.15) is 19.4 Å². The van der Waals surface area contributed by atoms with Crippen LogP contribution in [0.2, 0.25) is 0 Å². The molecule has 1 aromatic carbocycles. The van der Waals surface area contributed by atoms with Crippen LogP contribution >= 0.6 is 0 Å². The number of rotatable bonds is 5. The van der Waals surface area contributed by atoms with E-state index in [9.17, 15) is 9.59 Å². The summed E-state index contributed by atoms with van der Waals surface area (Å²) in [6.45, 7) is 3.09. The zero-order valence-electron chi connectivity index (χ0n) is 10.1. The summed E-state index contributed by atoms with van der Waals surface area (Å²) in [4.78, 5) is 22.7. The Morgan fingerprint density at radius 2 is 1.88 bits per heavy atom. The number of carbonyl (C=O) groups excluding carboxylic acids is 2. The van der Waals surface area contributed by atoms with Crippen LogP contribution in [0.3, 0.4) is 0 Å². The van der Waals surface area contributed by atoms with Crippen LogP contribution in [-0.4, -0.2) is 23.8 Å². The summed E-state index contributed by atoms with van der Waals surface area (Å²) in [6.07, 6.45) is 0.470. The third-order valence-corrected chi connectivity index (χ3v) is 2.60. The first-order valence-electron chi connectivity index (χ1n) is 5.61. The predicted octanol–water partition coefficient (Wildman–Crippen LogP) is 0.650. The molecule has 0 saturated carbocycles. The highest BCUT2D eigenvalue weighted by molar-refractivity contribution is 5.89. The lowest BCUT2D eigenvalue weighted by Crippen LogP contribution is -2.47. The SMILES string of the molecule is CC(=O)[C@H](C)NC(=O)[C@@H](N)Cc1ccccc1. The molecule has 17 heavy (non-hydrogen) atoms. The summed E-state index contributed by atoms with van der Waals surface area (Å²) in [5, 5.41) is 2.59. The zero-order valence-corrected chi connectivity index (χ0v) is 10.1. The van der Waals surface area contributed by atoms with Gasteiger partial charge in [-0.1, -0.05) is 30.3 Å². The quantitative estimate of drug-likeness (QED) is 0.785. The lowest BCUT2D eigenvalue weighted by atomic mass is 10.1. The van der Waals surface area contributed by atoms with Gasteiger partial charge in [0.2, 0.25) is 5.91 Å². The topological polar surface area (TPSA) is 72.2 Å². The molecule has 0 aliphatic heterocycles. The molecule has 1 rings (SSSR count). The number of nitrogens with two attached hydrogens (primary N) is 1. The second kappa shape index (κ2) is 6.15. The maximum atomic E-state index is 11.7. The van der Waals surface area contributed by atoms with Crippen LogP contribution < -0.4 is 11.1 Å². The fourth-order valence-electron chi connectivity index (χ4n) is 1.38. The maximum absolute atomic E-state index is 11.7. The molecule has 4 nitrogen and oxygen atoms in total. The van der Waals surface area contributed by atoms with E-state index >= 15 is 0 Å². The van der Waals surface area contributed by atoms with Gasteiger partial charge in [-0.05, 0) is 25.8 Å². The van der Waals surface area contributed by atoms with Crippen LogP contribution in [0.5, 0.6) is 0 Å². The number of Topliss-reactive ketones (excluding diaryl/α,β-unsaturated/α-hetero) is 1. The Bertz CT molecular complexity index is 390. The van der Waals surface area contributed by atoms with E-state index in [0.717, 1.165) is 5.56 Å². The van der Waals surface area contributed by atoms with Crippen LogP contribution in [0.25, 0.3) is 0 Å². The fraction of sp³-hybridized carbons (Fsp3) is 0.385. The van der Waals surface area contributed by atoms with E-state index < -0.39 is 12.1 Å². The normalized spacial score (nSPS) is 13.8. The Morgan fingerprint density at radius 1 is 1.29 bits per heavy atom. The third kappa shape index (κ3) is 4.36. The average Bonchev–Trinajstić information content (AvgIpc) is 2.29. The van der Waals surface area contributed by atoms with Crippen LogP contribution in [0, 0.1) is 0 Å². The lowest BCUT2D eigenvalue weighted by molar-refractivity contribution is -0.127. The lowest BCUT2D eigenvalue weighted by Gasteiger charge is -2.15. The van der Waals surface area contributed by atoms with E-state index in [1.807, 2.05) is 30.3 Å². The highest BCUT2D eigenvalue weighted by Crippen LogP contribution is 2.02. The van der Waals surface area contributed by atoms with Crippen molar-refractivity contribution in [2.24, 2.45) is 5.73 Å². The van der Waals surface area contributed by atoms with Crippen molar-refractivity contribution in [3.8, 4) is 0 Å². The van der Waals surface area contributed by atoms with Gasteiger partial charge in [0.1, 0.15) is 0 Å². The molecule has 0 aromatic heterocycles. The summed E-state index contributed by atoms with van der Waals surface area (Å²) in [6, 6.07) is 8.44. The molecule has 0 radical (unpaired) electrons. The van der Waals surface area contributed by atoms with Crippen molar-refractivity contribution >= 4 is 11.7 Å². The molecule has 0 unspecified atom stereocenters. The summed E-state index contributed by atoms with van der Waals surface area (Å²) in [7, 11) is 0. The Balaban J connectivity index is 2.50. The van der Waals surface area contributed by atoms with E-state index in [-0.39, 0.29) is 11.7 Å². The molecule has 4 heteroatoms. The van der Waals surface area contributed by atoms with Gasteiger partial charge in [0.25, 0.3) is 0 Å². The molecule has 2 atom stereocenters. The van der Waals surface area contributed by atoms with Crippen molar-refractivity contribution < 1.29 is 9.59 Å². The van der Waals surface area contributed by atoms with Gasteiger partial charge < -0.3 is 11.1 Å². The number of carbonyl (C=O) groups is 2. The molecule has 92 valence electrons. The van der Waals surface area contributed by atoms with Crippen LogP contribution in [0.4, 0.5) is 0 Å². The molecule has 0 bridgehead atoms. The highest BCUT2D eigenvalue weighted by atomic mass is 16.2. The van der Waals surface area contributed by atoms with Gasteiger partial charge in [-0.15, -0.1) is 0 Å². The Hall–Kier alpha value is -1.68. The number of nitrogens with one attached hydrogen (secondary N) is 1. The molecule has 1 aromatic rings. The van der Waals surface area contributed by atoms with Gasteiger partial charge in [0, 0.05) is 0 Å². The van der Waals surface area contributed by atoms with Crippen LogP contribution in [0.15, 0.2) is 30.3 Å². The van der Waals surface area contributed by atoms with Crippen molar-refractivity contribution in [2.75, 3.05) is 0 Å². The number of benzene rings is 1.